The van der Waals surface area contributed by atoms with Gasteiger partial charge in [0.05, 0.1) is 5.69 Å². The number of benzene rings is 1. The standard InChI is InChI=1S/C14H19F2N3S/c1-8-6-19(7-11(8)18(2)3)10-5-4-9(14(17)20)12(15)13(10)16/h4-5,8,11H,6-7H2,1-3H3,(H2,17,20). The smallest absolute Gasteiger partial charge is 0.182 e. The summed E-state index contributed by atoms with van der Waals surface area (Å²) in [6.45, 7) is 3.49. The van der Waals surface area contributed by atoms with Crippen molar-refractivity contribution in [3.05, 3.63) is 29.3 Å². The van der Waals surface area contributed by atoms with Crippen molar-refractivity contribution in [3.63, 3.8) is 0 Å². The summed E-state index contributed by atoms with van der Waals surface area (Å²) in [6, 6.07) is 3.33. The third kappa shape index (κ3) is 2.62. The molecule has 2 N–H and O–H groups in total. The predicted octanol–water partition coefficient (Wildman–Crippen LogP) is 1.99. The molecule has 3 nitrogen and oxygen atoms in total. The summed E-state index contributed by atoms with van der Waals surface area (Å²) in [5, 5.41) is 0. The van der Waals surface area contributed by atoms with Crippen molar-refractivity contribution in [2.24, 2.45) is 11.7 Å². The Hall–Kier alpha value is -1.27. The fourth-order valence-electron chi connectivity index (χ4n) is 2.79. The molecular formula is C14H19F2N3S. The number of nitrogens with two attached hydrogens (primary N) is 1. The first-order valence-corrected chi connectivity index (χ1v) is 6.93. The maximum atomic E-state index is 14.2. The van der Waals surface area contributed by atoms with E-state index in [4.69, 9.17) is 18.0 Å². The highest BCUT2D eigenvalue weighted by atomic mass is 32.1. The van der Waals surface area contributed by atoms with E-state index < -0.39 is 11.6 Å². The Bertz CT molecular complexity index is 533. The minimum absolute atomic E-state index is 0.0438. The number of anilines is 1. The second-order valence-corrected chi connectivity index (χ2v) is 5.98. The van der Waals surface area contributed by atoms with Crippen LogP contribution in [0.2, 0.25) is 0 Å². The highest BCUT2D eigenvalue weighted by Gasteiger charge is 2.33. The van der Waals surface area contributed by atoms with Crippen LogP contribution in [0.5, 0.6) is 0 Å². The molecule has 1 saturated heterocycles. The summed E-state index contributed by atoms with van der Waals surface area (Å²) >= 11 is 4.71. The van der Waals surface area contributed by atoms with Gasteiger partial charge in [-0.2, -0.15) is 0 Å². The molecule has 1 aliphatic rings. The molecule has 2 unspecified atom stereocenters. The van der Waals surface area contributed by atoms with E-state index in [9.17, 15) is 8.78 Å². The summed E-state index contributed by atoms with van der Waals surface area (Å²) in [5.41, 5.74) is 5.61. The topological polar surface area (TPSA) is 32.5 Å². The first-order chi connectivity index (χ1) is 9.32. The molecule has 0 bridgehead atoms. The van der Waals surface area contributed by atoms with E-state index in [1.165, 1.54) is 6.07 Å². The van der Waals surface area contributed by atoms with Gasteiger partial charge in [-0.1, -0.05) is 19.1 Å². The molecule has 0 spiro atoms. The van der Waals surface area contributed by atoms with E-state index in [-0.39, 0.29) is 16.2 Å². The summed E-state index contributed by atoms with van der Waals surface area (Å²) in [5.74, 6) is -1.44. The molecule has 110 valence electrons. The third-order valence-corrected chi connectivity index (χ3v) is 4.12. The molecule has 0 saturated carbocycles. The zero-order valence-corrected chi connectivity index (χ0v) is 12.7. The highest BCUT2D eigenvalue weighted by Crippen LogP contribution is 2.30. The van der Waals surface area contributed by atoms with Gasteiger partial charge in [0.2, 0.25) is 0 Å². The van der Waals surface area contributed by atoms with E-state index in [0.717, 1.165) is 0 Å². The lowest BCUT2D eigenvalue weighted by Gasteiger charge is -2.23. The second-order valence-electron chi connectivity index (χ2n) is 5.54. The van der Waals surface area contributed by atoms with Gasteiger partial charge >= 0.3 is 0 Å². The lowest BCUT2D eigenvalue weighted by Crippen LogP contribution is -2.34. The average molecular weight is 299 g/mol. The van der Waals surface area contributed by atoms with Crippen molar-refractivity contribution in [2.45, 2.75) is 13.0 Å². The fourth-order valence-corrected chi connectivity index (χ4v) is 2.95. The lowest BCUT2D eigenvalue weighted by molar-refractivity contribution is 0.266. The van der Waals surface area contributed by atoms with Crippen LogP contribution in [0, 0.1) is 17.6 Å². The molecule has 0 amide bonds. The van der Waals surface area contributed by atoms with E-state index in [1.54, 1.807) is 6.07 Å². The van der Waals surface area contributed by atoms with Crippen molar-refractivity contribution in [2.75, 3.05) is 32.1 Å². The summed E-state index contributed by atoms with van der Waals surface area (Å²) in [7, 11) is 4.00. The van der Waals surface area contributed by atoms with Gasteiger partial charge in [0, 0.05) is 24.7 Å². The van der Waals surface area contributed by atoms with Crippen molar-refractivity contribution >= 4 is 22.9 Å². The Morgan fingerprint density at radius 3 is 2.45 bits per heavy atom. The average Bonchev–Trinajstić information content (AvgIpc) is 2.74. The molecule has 0 aromatic heterocycles. The first kappa shape index (κ1) is 15.1. The van der Waals surface area contributed by atoms with Gasteiger partial charge in [-0.15, -0.1) is 0 Å². The first-order valence-electron chi connectivity index (χ1n) is 6.52. The van der Waals surface area contributed by atoms with Crippen molar-refractivity contribution < 1.29 is 8.78 Å². The number of hydrogen-bond acceptors (Lipinski definition) is 3. The number of rotatable bonds is 3. The van der Waals surface area contributed by atoms with Crippen molar-refractivity contribution in [3.8, 4) is 0 Å². The molecule has 0 radical (unpaired) electrons. The van der Waals surface area contributed by atoms with Gasteiger partial charge in [0.15, 0.2) is 11.6 Å². The van der Waals surface area contributed by atoms with Crippen LogP contribution in [0.3, 0.4) is 0 Å². The van der Waals surface area contributed by atoms with Crippen LogP contribution in [-0.4, -0.2) is 43.1 Å². The van der Waals surface area contributed by atoms with Crippen LogP contribution in [0.15, 0.2) is 12.1 Å². The summed E-state index contributed by atoms with van der Waals surface area (Å²) in [6.07, 6.45) is 0. The van der Waals surface area contributed by atoms with E-state index in [2.05, 4.69) is 11.8 Å². The number of thiocarbonyl (C=S) groups is 1. The van der Waals surface area contributed by atoms with Crippen LogP contribution in [-0.2, 0) is 0 Å². The van der Waals surface area contributed by atoms with Gasteiger partial charge in [-0.25, -0.2) is 8.78 Å². The van der Waals surface area contributed by atoms with Crippen LogP contribution >= 0.6 is 12.2 Å². The molecule has 1 aliphatic heterocycles. The van der Waals surface area contributed by atoms with Crippen LogP contribution in [0.4, 0.5) is 14.5 Å². The SMILES string of the molecule is CC1CN(c2ccc(C(N)=S)c(F)c2F)CC1N(C)C. The molecule has 1 fully saturated rings. The minimum atomic E-state index is -0.962. The van der Waals surface area contributed by atoms with Crippen molar-refractivity contribution in [1.82, 2.24) is 4.90 Å². The molecule has 1 aromatic carbocycles. The zero-order valence-electron chi connectivity index (χ0n) is 11.9. The van der Waals surface area contributed by atoms with Crippen LogP contribution < -0.4 is 10.6 Å². The minimum Gasteiger partial charge on any atom is -0.389 e. The van der Waals surface area contributed by atoms with Crippen molar-refractivity contribution in [1.29, 1.82) is 0 Å². The Kier molecular flexibility index (Phi) is 4.25. The predicted molar refractivity (Wildman–Crippen MR) is 81.1 cm³/mol. The highest BCUT2D eigenvalue weighted by molar-refractivity contribution is 7.80. The van der Waals surface area contributed by atoms with Gasteiger partial charge in [0.25, 0.3) is 0 Å². The van der Waals surface area contributed by atoms with Crippen LogP contribution in [0.25, 0.3) is 0 Å². The lowest BCUT2D eigenvalue weighted by atomic mass is 10.1. The molecule has 1 heterocycles. The number of likely N-dealkylation sites (N-methyl/N-ethyl adjacent to an activating group) is 1. The van der Waals surface area contributed by atoms with E-state index in [1.807, 2.05) is 19.0 Å². The van der Waals surface area contributed by atoms with E-state index in [0.29, 0.717) is 25.0 Å². The van der Waals surface area contributed by atoms with Crippen LogP contribution in [0.1, 0.15) is 12.5 Å². The molecule has 1 aromatic rings. The third-order valence-electron chi connectivity index (χ3n) is 3.90. The molecule has 0 aliphatic carbocycles. The van der Waals surface area contributed by atoms with E-state index >= 15 is 0 Å². The van der Waals surface area contributed by atoms with Gasteiger partial charge < -0.3 is 15.5 Å². The second kappa shape index (κ2) is 5.61. The number of halogens is 2. The summed E-state index contributed by atoms with van der Waals surface area (Å²) < 4.78 is 28.1. The Labute approximate surface area is 123 Å². The maximum Gasteiger partial charge on any atom is 0.182 e. The Balaban J connectivity index is 2.31. The molecule has 20 heavy (non-hydrogen) atoms. The Morgan fingerprint density at radius 1 is 1.30 bits per heavy atom. The number of hydrogen-bond donors (Lipinski definition) is 1. The fraction of sp³-hybridized carbons (Fsp3) is 0.500. The Morgan fingerprint density at radius 2 is 1.95 bits per heavy atom. The zero-order chi connectivity index (χ0) is 15.0. The summed E-state index contributed by atoms with van der Waals surface area (Å²) in [4.78, 5) is 3.85. The molecule has 2 rings (SSSR count). The monoisotopic (exact) mass is 299 g/mol. The number of nitrogens with zero attached hydrogens (tertiary/aromatic N) is 2. The molecule has 6 heteroatoms. The molecule has 2 atom stereocenters. The van der Waals surface area contributed by atoms with Gasteiger partial charge in [0.1, 0.15) is 4.99 Å². The largest absolute Gasteiger partial charge is 0.389 e. The normalized spacial score (nSPS) is 22.6. The van der Waals surface area contributed by atoms with Gasteiger partial charge in [-0.05, 0) is 32.1 Å². The maximum absolute atomic E-state index is 14.2. The van der Waals surface area contributed by atoms with Gasteiger partial charge in [-0.3, -0.25) is 0 Å². The quantitative estimate of drug-likeness (QED) is 0.865. The molecular weight excluding hydrogens is 280 g/mol.